The van der Waals surface area contributed by atoms with E-state index in [0.29, 0.717) is 22.5 Å². The fraction of sp³-hybridized carbons (Fsp3) is 0.238. The lowest BCUT2D eigenvalue weighted by atomic mass is 9.75. The van der Waals surface area contributed by atoms with Crippen LogP contribution in [0.15, 0.2) is 48.7 Å². The van der Waals surface area contributed by atoms with Crippen molar-refractivity contribution in [2.75, 3.05) is 0 Å². The Morgan fingerprint density at radius 1 is 1.23 bits per heavy atom. The topological polar surface area (TPSA) is 76.4 Å². The van der Waals surface area contributed by atoms with Crippen LogP contribution in [-0.4, -0.2) is 27.5 Å². The van der Waals surface area contributed by atoms with E-state index in [1.165, 1.54) is 24.3 Å². The van der Waals surface area contributed by atoms with Crippen LogP contribution < -0.4 is 10.2 Å². The van der Waals surface area contributed by atoms with E-state index in [4.69, 9.17) is 0 Å². The molecule has 0 saturated heterocycles. The van der Waals surface area contributed by atoms with Crippen molar-refractivity contribution in [3.63, 3.8) is 0 Å². The lowest BCUT2D eigenvalue weighted by molar-refractivity contribution is -0.135. The summed E-state index contributed by atoms with van der Waals surface area (Å²) in [4.78, 5) is 12.7. The van der Waals surface area contributed by atoms with E-state index in [1.807, 2.05) is 0 Å². The summed E-state index contributed by atoms with van der Waals surface area (Å²) < 4.78 is 44.7. The molecule has 9 heteroatoms. The maximum absolute atomic E-state index is 14.2. The molecule has 1 aromatic heterocycles. The Balaban J connectivity index is 1.66. The van der Waals surface area contributed by atoms with Gasteiger partial charge in [0.25, 0.3) is 5.91 Å². The Hall–Kier alpha value is -3.33. The van der Waals surface area contributed by atoms with Gasteiger partial charge >= 0.3 is 6.61 Å². The van der Waals surface area contributed by atoms with Crippen molar-refractivity contribution >= 4 is 5.91 Å². The lowest BCUT2D eigenvalue weighted by Crippen LogP contribution is -2.45. The van der Waals surface area contributed by atoms with Crippen molar-refractivity contribution in [1.82, 2.24) is 15.3 Å². The van der Waals surface area contributed by atoms with Crippen LogP contribution in [0.2, 0.25) is 0 Å². The fourth-order valence-electron chi connectivity index (χ4n) is 4.03. The van der Waals surface area contributed by atoms with Crippen LogP contribution >= 0.6 is 0 Å². The molecule has 1 aliphatic carbocycles. The molecule has 2 N–H and O–H groups in total. The van der Waals surface area contributed by atoms with Gasteiger partial charge in [0.1, 0.15) is 11.6 Å². The number of rotatable bonds is 5. The molecule has 1 aliphatic rings. The number of hydrogen-bond donors (Lipinski definition) is 2. The minimum Gasteiger partial charge on any atom is -0.435 e. The van der Waals surface area contributed by atoms with Crippen molar-refractivity contribution < 1.29 is 27.9 Å². The summed E-state index contributed by atoms with van der Waals surface area (Å²) in [7, 11) is 0. The maximum atomic E-state index is 14.2. The summed E-state index contributed by atoms with van der Waals surface area (Å²) in [5.41, 5.74) is 3.41. The van der Waals surface area contributed by atoms with E-state index in [0.717, 1.165) is 5.56 Å². The summed E-state index contributed by atoms with van der Waals surface area (Å²) in [5.74, 6) is -1.03. The molecule has 6 nitrogen and oxygen atoms in total. The van der Waals surface area contributed by atoms with E-state index in [2.05, 4.69) is 9.84 Å². The monoisotopic (exact) mass is 417 g/mol. The molecular weight excluding hydrogens is 399 g/mol. The van der Waals surface area contributed by atoms with Gasteiger partial charge in [-0.2, -0.15) is 13.9 Å². The molecule has 1 heterocycles. The molecule has 0 aliphatic heterocycles. The normalized spacial score (nSPS) is 17.8. The average Bonchev–Trinajstić information content (AvgIpc) is 3.26. The van der Waals surface area contributed by atoms with Gasteiger partial charge in [0.15, 0.2) is 0 Å². The molecule has 156 valence electrons. The minimum atomic E-state index is -2.90. The number of hydroxylamine groups is 1. The quantitative estimate of drug-likeness (QED) is 0.493. The standard InChI is InChI=1S/C21H18F3N3O3/c1-12-16(3-2-4-17(12)22)21(19(28)26-29)9-13-11-27(25-18(13)10-21)14-5-7-15(8-6-14)30-20(23)24/h2-8,11,20,29H,9-10H2,1H3,(H,26,28). The third-order valence-corrected chi connectivity index (χ3v) is 5.48. The first-order valence-electron chi connectivity index (χ1n) is 9.17. The van der Waals surface area contributed by atoms with Crippen molar-refractivity contribution in [2.24, 2.45) is 0 Å². The predicted molar refractivity (Wildman–Crippen MR) is 100 cm³/mol. The molecular formula is C21H18F3N3O3. The molecule has 0 bridgehead atoms. The number of halogens is 3. The molecule has 4 rings (SSSR count). The van der Waals surface area contributed by atoms with E-state index in [9.17, 15) is 23.2 Å². The molecule has 0 spiro atoms. The van der Waals surface area contributed by atoms with Gasteiger partial charge in [-0.15, -0.1) is 0 Å². The summed E-state index contributed by atoms with van der Waals surface area (Å²) in [6.07, 6.45) is 2.14. The Bertz CT molecular complexity index is 1070. The molecule has 0 fully saturated rings. The summed E-state index contributed by atoms with van der Waals surface area (Å²) in [6.45, 7) is -1.31. The highest BCUT2D eigenvalue weighted by Crippen LogP contribution is 2.41. The van der Waals surface area contributed by atoms with Crippen molar-refractivity contribution in [3.05, 3.63) is 76.9 Å². The number of nitrogens with zero attached hydrogens (tertiary/aromatic N) is 2. The molecule has 1 atom stereocenters. The van der Waals surface area contributed by atoms with Crippen LogP contribution in [0.1, 0.15) is 22.4 Å². The fourth-order valence-corrected chi connectivity index (χ4v) is 4.03. The van der Waals surface area contributed by atoms with Crippen LogP contribution in [-0.2, 0) is 23.1 Å². The zero-order valence-corrected chi connectivity index (χ0v) is 15.9. The van der Waals surface area contributed by atoms with Crippen LogP contribution in [0.4, 0.5) is 13.2 Å². The number of benzene rings is 2. The van der Waals surface area contributed by atoms with Crippen LogP contribution in [0.5, 0.6) is 5.75 Å². The number of carbonyl (C=O) groups is 1. The summed E-state index contributed by atoms with van der Waals surface area (Å²) in [6, 6.07) is 10.5. The SMILES string of the molecule is Cc1c(F)cccc1C1(C(=O)NO)Cc2cn(-c3ccc(OC(F)F)cc3)nc2C1. The Kier molecular flexibility index (Phi) is 4.98. The van der Waals surface area contributed by atoms with Gasteiger partial charge in [0.05, 0.1) is 16.8 Å². The number of hydrogen-bond acceptors (Lipinski definition) is 4. The zero-order chi connectivity index (χ0) is 21.5. The molecule has 2 aromatic carbocycles. The molecule has 0 radical (unpaired) electrons. The first kappa shape index (κ1) is 20.0. The van der Waals surface area contributed by atoms with Gasteiger partial charge in [0, 0.05) is 12.6 Å². The molecule has 1 unspecified atom stereocenters. The van der Waals surface area contributed by atoms with E-state index in [1.54, 1.807) is 41.5 Å². The average molecular weight is 417 g/mol. The first-order chi connectivity index (χ1) is 14.3. The number of aromatic nitrogens is 2. The van der Waals surface area contributed by atoms with Crippen molar-refractivity contribution in [1.29, 1.82) is 0 Å². The maximum Gasteiger partial charge on any atom is 0.387 e. The van der Waals surface area contributed by atoms with Crippen molar-refractivity contribution in [2.45, 2.75) is 31.8 Å². The Morgan fingerprint density at radius 3 is 2.60 bits per heavy atom. The van der Waals surface area contributed by atoms with E-state index in [-0.39, 0.29) is 18.6 Å². The minimum absolute atomic E-state index is 0.0358. The summed E-state index contributed by atoms with van der Waals surface area (Å²) in [5, 5.41) is 13.8. The third kappa shape index (κ3) is 3.30. The number of alkyl halides is 2. The predicted octanol–water partition coefficient (Wildman–Crippen LogP) is 3.46. The van der Waals surface area contributed by atoms with Gasteiger partial charge in [-0.3, -0.25) is 10.0 Å². The molecule has 3 aromatic rings. The van der Waals surface area contributed by atoms with Crippen LogP contribution in [0.3, 0.4) is 0 Å². The zero-order valence-electron chi connectivity index (χ0n) is 15.9. The molecule has 1 amide bonds. The Morgan fingerprint density at radius 2 is 1.97 bits per heavy atom. The largest absolute Gasteiger partial charge is 0.435 e. The van der Waals surface area contributed by atoms with E-state index >= 15 is 0 Å². The van der Waals surface area contributed by atoms with Crippen LogP contribution in [0.25, 0.3) is 5.69 Å². The highest BCUT2D eigenvalue weighted by atomic mass is 19.3. The number of fused-ring (bicyclic) bond motifs is 1. The smallest absolute Gasteiger partial charge is 0.387 e. The number of amides is 1. The van der Waals surface area contributed by atoms with Crippen molar-refractivity contribution in [3.8, 4) is 11.4 Å². The van der Waals surface area contributed by atoms with Gasteiger partial charge in [0.2, 0.25) is 0 Å². The van der Waals surface area contributed by atoms with Gasteiger partial charge in [-0.1, -0.05) is 12.1 Å². The second kappa shape index (κ2) is 7.49. The molecule has 30 heavy (non-hydrogen) atoms. The van der Waals surface area contributed by atoms with Gasteiger partial charge in [-0.25, -0.2) is 14.6 Å². The highest BCUT2D eigenvalue weighted by Gasteiger charge is 2.48. The summed E-state index contributed by atoms with van der Waals surface area (Å²) >= 11 is 0. The van der Waals surface area contributed by atoms with Gasteiger partial charge in [-0.05, 0) is 60.4 Å². The van der Waals surface area contributed by atoms with E-state index < -0.39 is 23.8 Å². The Labute approximate surface area is 169 Å². The lowest BCUT2D eigenvalue weighted by Gasteiger charge is -2.28. The highest BCUT2D eigenvalue weighted by molar-refractivity contribution is 5.89. The second-order valence-electron chi connectivity index (χ2n) is 7.21. The first-order valence-corrected chi connectivity index (χ1v) is 9.17. The number of ether oxygens (including phenoxy) is 1. The third-order valence-electron chi connectivity index (χ3n) is 5.48. The van der Waals surface area contributed by atoms with Gasteiger partial charge < -0.3 is 4.74 Å². The van der Waals surface area contributed by atoms with Crippen LogP contribution in [0, 0.1) is 12.7 Å². The second-order valence-corrected chi connectivity index (χ2v) is 7.21. The number of carbonyl (C=O) groups excluding carboxylic acids is 1. The molecule has 0 saturated carbocycles. The number of nitrogens with one attached hydrogen (secondary N) is 1.